The fourth-order valence-corrected chi connectivity index (χ4v) is 4.83. The first-order valence-electron chi connectivity index (χ1n) is 9.97. The Balaban J connectivity index is 1.48. The largest absolute Gasteiger partial charge is 0.452 e. The molecule has 1 aliphatic rings. The molecule has 1 N–H and O–H groups in total. The smallest absolute Gasteiger partial charge is 0.170 e. The molecule has 7 heteroatoms. The number of benzene rings is 1. The van der Waals surface area contributed by atoms with Crippen molar-refractivity contribution in [2.45, 2.75) is 28.6 Å². The monoisotopic (exact) mass is 444 g/mol. The number of hydrogen-bond acceptors (Lipinski definition) is 5. The second kappa shape index (κ2) is 8.91. The standard InChI is InChI=1S/C24H20N4OS2/c30-24-27-22(19-8-4-5-13-26-19)23(28(24)16-17-11-14-25-15-12-17)20-9-10-21(29-20)31-18-6-2-1-3-7-18/h1-15,22-23H,16H2,(H,27,30)/t22-,23+/m0/s1. The van der Waals surface area contributed by atoms with E-state index >= 15 is 0 Å². The summed E-state index contributed by atoms with van der Waals surface area (Å²) in [4.78, 5) is 12.0. The van der Waals surface area contributed by atoms with Gasteiger partial charge >= 0.3 is 0 Å². The van der Waals surface area contributed by atoms with Crippen LogP contribution in [0.25, 0.3) is 0 Å². The van der Waals surface area contributed by atoms with Crippen LogP contribution >= 0.6 is 24.0 Å². The van der Waals surface area contributed by atoms with Crippen LogP contribution in [0.1, 0.15) is 29.1 Å². The minimum Gasteiger partial charge on any atom is -0.452 e. The molecule has 0 aliphatic carbocycles. The van der Waals surface area contributed by atoms with Gasteiger partial charge in [-0.15, -0.1) is 0 Å². The van der Waals surface area contributed by atoms with Crippen LogP contribution in [0.5, 0.6) is 0 Å². The topological polar surface area (TPSA) is 54.2 Å². The molecular weight excluding hydrogens is 424 g/mol. The molecule has 3 aromatic heterocycles. The summed E-state index contributed by atoms with van der Waals surface area (Å²) in [6.07, 6.45) is 5.41. The first kappa shape index (κ1) is 19.8. The van der Waals surface area contributed by atoms with E-state index < -0.39 is 0 Å². The summed E-state index contributed by atoms with van der Waals surface area (Å²) >= 11 is 7.34. The molecule has 1 fully saturated rings. The summed E-state index contributed by atoms with van der Waals surface area (Å²) in [5.41, 5.74) is 2.07. The molecule has 0 bridgehead atoms. The van der Waals surface area contributed by atoms with E-state index in [0.29, 0.717) is 11.7 Å². The highest BCUT2D eigenvalue weighted by Gasteiger charge is 2.41. The maximum Gasteiger partial charge on any atom is 0.170 e. The maximum atomic E-state index is 6.32. The van der Waals surface area contributed by atoms with E-state index in [2.05, 4.69) is 32.3 Å². The van der Waals surface area contributed by atoms with E-state index in [1.165, 1.54) is 0 Å². The van der Waals surface area contributed by atoms with E-state index in [1.807, 2.05) is 66.9 Å². The number of nitrogens with one attached hydrogen (secondary N) is 1. The van der Waals surface area contributed by atoms with Gasteiger partial charge in [-0.25, -0.2) is 0 Å². The molecule has 31 heavy (non-hydrogen) atoms. The van der Waals surface area contributed by atoms with Crippen LogP contribution in [0.4, 0.5) is 0 Å². The Labute approximate surface area is 190 Å². The highest BCUT2D eigenvalue weighted by atomic mass is 32.2. The average molecular weight is 445 g/mol. The normalized spacial score (nSPS) is 18.2. The highest BCUT2D eigenvalue weighted by Crippen LogP contribution is 2.41. The van der Waals surface area contributed by atoms with Crippen molar-refractivity contribution in [1.29, 1.82) is 0 Å². The second-order valence-corrected chi connectivity index (χ2v) is 8.65. The van der Waals surface area contributed by atoms with E-state index in [0.717, 1.165) is 27.0 Å². The number of nitrogens with zero attached hydrogens (tertiary/aromatic N) is 3. The fraction of sp³-hybridized carbons (Fsp3) is 0.125. The summed E-state index contributed by atoms with van der Waals surface area (Å²) < 4.78 is 6.32. The highest BCUT2D eigenvalue weighted by molar-refractivity contribution is 7.99. The molecule has 154 valence electrons. The zero-order valence-electron chi connectivity index (χ0n) is 16.6. The van der Waals surface area contributed by atoms with Gasteiger partial charge in [0, 0.05) is 30.0 Å². The first-order chi connectivity index (χ1) is 15.3. The van der Waals surface area contributed by atoms with Gasteiger partial charge < -0.3 is 14.6 Å². The van der Waals surface area contributed by atoms with Gasteiger partial charge in [0.1, 0.15) is 11.8 Å². The number of thiocarbonyl (C=S) groups is 1. The van der Waals surface area contributed by atoms with E-state index in [4.69, 9.17) is 16.6 Å². The summed E-state index contributed by atoms with van der Waals surface area (Å²) in [5, 5.41) is 5.00. The molecule has 2 atom stereocenters. The molecule has 5 rings (SSSR count). The molecule has 4 aromatic rings. The number of rotatable bonds is 6. The third-order valence-electron chi connectivity index (χ3n) is 5.16. The summed E-state index contributed by atoms with van der Waals surface area (Å²) in [5.74, 6) is 0.857. The molecule has 0 unspecified atom stereocenters. The van der Waals surface area contributed by atoms with Gasteiger partial charge in [-0.2, -0.15) is 0 Å². The van der Waals surface area contributed by atoms with Crippen molar-refractivity contribution in [1.82, 2.24) is 20.2 Å². The number of aromatic nitrogens is 2. The lowest BCUT2D eigenvalue weighted by atomic mass is 10.0. The van der Waals surface area contributed by atoms with Crippen molar-refractivity contribution in [3.05, 3.63) is 108 Å². The van der Waals surface area contributed by atoms with Crippen molar-refractivity contribution in [3.63, 3.8) is 0 Å². The van der Waals surface area contributed by atoms with Crippen molar-refractivity contribution >= 4 is 29.1 Å². The molecule has 0 amide bonds. The third kappa shape index (κ3) is 4.33. The van der Waals surface area contributed by atoms with Gasteiger partial charge in [-0.1, -0.05) is 36.0 Å². The molecule has 0 saturated carbocycles. The molecular formula is C24H20N4OS2. The zero-order valence-corrected chi connectivity index (χ0v) is 18.2. The zero-order chi connectivity index (χ0) is 21.0. The van der Waals surface area contributed by atoms with Crippen LogP contribution in [0.3, 0.4) is 0 Å². The maximum absolute atomic E-state index is 6.32. The van der Waals surface area contributed by atoms with Crippen LogP contribution in [0.2, 0.25) is 0 Å². The predicted molar refractivity (Wildman–Crippen MR) is 125 cm³/mol. The van der Waals surface area contributed by atoms with Crippen molar-refractivity contribution in [2.24, 2.45) is 0 Å². The Morgan fingerprint density at radius 1 is 0.935 bits per heavy atom. The molecule has 0 spiro atoms. The molecule has 1 aromatic carbocycles. The van der Waals surface area contributed by atoms with Crippen LogP contribution < -0.4 is 5.32 Å². The van der Waals surface area contributed by atoms with Gasteiger partial charge in [0.05, 0.1) is 11.7 Å². The van der Waals surface area contributed by atoms with Crippen molar-refractivity contribution < 1.29 is 4.42 Å². The second-order valence-electron chi connectivity index (χ2n) is 7.18. The Morgan fingerprint density at radius 3 is 2.52 bits per heavy atom. The first-order valence-corrected chi connectivity index (χ1v) is 11.2. The van der Waals surface area contributed by atoms with Gasteiger partial charge in [-0.05, 0) is 66.3 Å². The third-order valence-corrected chi connectivity index (χ3v) is 6.44. The molecule has 1 aliphatic heterocycles. The summed E-state index contributed by atoms with van der Waals surface area (Å²) in [6, 6.07) is 24.0. The van der Waals surface area contributed by atoms with Crippen molar-refractivity contribution in [2.75, 3.05) is 0 Å². The van der Waals surface area contributed by atoms with Gasteiger partial charge in [0.15, 0.2) is 10.2 Å². The molecule has 0 radical (unpaired) electrons. The summed E-state index contributed by atoms with van der Waals surface area (Å²) in [7, 11) is 0. The Kier molecular flexibility index (Phi) is 5.69. The Hall–Kier alpha value is -3.16. The van der Waals surface area contributed by atoms with E-state index in [1.54, 1.807) is 24.2 Å². The van der Waals surface area contributed by atoms with Crippen LogP contribution in [-0.2, 0) is 6.54 Å². The lowest BCUT2D eigenvalue weighted by Crippen LogP contribution is -2.29. The summed E-state index contributed by atoms with van der Waals surface area (Å²) in [6.45, 7) is 0.657. The van der Waals surface area contributed by atoms with Crippen LogP contribution in [0.15, 0.2) is 106 Å². The molecule has 5 nitrogen and oxygen atoms in total. The Morgan fingerprint density at radius 2 is 1.74 bits per heavy atom. The minimum absolute atomic E-state index is 0.101. The van der Waals surface area contributed by atoms with Gasteiger partial charge in [0.25, 0.3) is 0 Å². The molecule has 4 heterocycles. The quantitative estimate of drug-likeness (QED) is 0.400. The average Bonchev–Trinajstić information content (AvgIpc) is 3.40. The van der Waals surface area contributed by atoms with Crippen LogP contribution in [-0.4, -0.2) is 20.0 Å². The lowest BCUT2D eigenvalue weighted by Gasteiger charge is -2.26. The van der Waals surface area contributed by atoms with Gasteiger partial charge in [0.2, 0.25) is 0 Å². The molecule has 1 saturated heterocycles. The van der Waals surface area contributed by atoms with E-state index in [9.17, 15) is 0 Å². The lowest BCUT2D eigenvalue weighted by molar-refractivity contribution is 0.254. The van der Waals surface area contributed by atoms with E-state index in [-0.39, 0.29) is 12.1 Å². The number of hydrogen-bond donors (Lipinski definition) is 1. The number of furan rings is 1. The fourth-order valence-electron chi connectivity index (χ4n) is 3.72. The van der Waals surface area contributed by atoms with Crippen LogP contribution in [0, 0.1) is 0 Å². The SMILES string of the molecule is S=C1N[C@@H](c2ccccn2)[C@@H](c2ccc(Sc3ccccc3)o2)N1Cc1ccncc1. The Bertz CT molecular complexity index is 1150. The minimum atomic E-state index is -0.110. The predicted octanol–water partition coefficient (Wildman–Crippen LogP) is 5.39. The van der Waals surface area contributed by atoms with Crippen molar-refractivity contribution in [3.8, 4) is 0 Å². The van der Waals surface area contributed by atoms with Gasteiger partial charge in [-0.3, -0.25) is 9.97 Å². The number of pyridine rings is 2.